The molecule has 2 unspecified atom stereocenters. The van der Waals surface area contributed by atoms with Gasteiger partial charge in [0.15, 0.2) is 5.66 Å². The van der Waals surface area contributed by atoms with Gasteiger partial charge in [-0.2, -0.15) is 0 Å². The first-order valence-corrected chi connectivity index (χ1v) is 11.1. The lowest BCUT2D eigenvalue weighted by Gasteiger charge is -2.34. The van der Waals surface area contributed by atoms with Crippen molar-refractivity contribution in [1.29, 1.82) is 0 Å². The Morgan fingerprint density at radius 3 is 2.74 bits per heavy atom. The summed E-state index contributed by atoms with van der Waals surface area (Å²) in [6.07, 6.45) is 6.28. The molecule has 0 saturated heterocycles. The van der Waals surface area contributed by atoms with E-state index in [1.807, 2.05) is 23.7 Å². The quantitative estimate of drug-likeness (QED) is 0.488. The molecular formula is C25H25FN6O2. The van der Waals surface area contributed by atoms with Gasteiger partial charge in [0.05, 0.1) is 22.9 Å². The predicted molar refractivity (Wildman–Crippen MR) is 127 cm³/mol. The molecule has 0 bridgehead atoms. The van der Waals surface area contributed by atoms with Gasteiger partial charge in [-0.05, 0) is 49.6 Å². The van der Waals surface area contributed by atoms with E-state index in [0.29, 0.717) is 23.5 Å². The van der Waals surface area contributed by atoms with Crippen LogP contribution in [0.3, 0.4) is 0 Å². The Labute approximate surface area is 195 Å². The highest BCUT2D eigenvalue weighted by Crippen LogP contribution is 2.32. The maximum atomic E-state index is 13.8. The molecule has 4 aromatic rings. The molecule has 174 valence electrons. The van der Waals surface area contributed by atoms with Crippen molar-refractivity contribution in [2.75, 3.05) is 5.32 Å². The number of aromatic nitrogens is 4. The molecule has 2 N–H and O–H groups in total. The summed E-state index contributed by atoms with van der Waals surface area (Å²) in [4.78, 5) is 34.8. The normalized spacial score (nSPS) is 17.0. The van der Waals surface area contributed by atoms with E-state index in [-0.39, 0.29) is 23.3 Å². The van der Waals surface area contributed by atoms with E-state index < -0.39 is 5.66 Å². The summed E-state index contributed by atoms with van der Waals surface area (Å²) >= 11 is 0. The lowest BCUT2D eigenvalue weighted by Crippen LogP contribution is -2.54. The number of nitrogens with one attached hydrogen (secondary N) is 2. The summed E-state index contributed by atoms with van der Waals surface area (Å²) in [6.45, 7) is 3.20. The number of nitrogens with zero attached hydrogens (tertiary/aromatic N) is 4. The van der Waals surface area contributed by atoms with Crippen LogP contribution in [0.4, 0.5) is 10.1 Å². The zero-order valence-corrected chi connectivity index (χ0v) is 19.2. The van der Waals surface area contributed by atoms with Crippen molar-refractivity contribution >= 4 is 22.5 Å². The smallest absolute Gasteiger partial charge is 0.279 e. The SMILES string of the molecule is CC(=O)NC(C)(c1cc2cnccc2n1C)n1cnc2c(c1=O)NC(c1ccc(F)cc1)CC2. The third kappa shape index (κ3) is 3.53. The molecule has 9 heteroatoms. The summed E-state index contributed by atoms with van der Waals surface area (Å²) in [7, 11) is 1.89. The van der Waals surface area contributed by atoms with Crippen LogP contribution in [-0.2, 0) is 23.9 Å². The predicted octanol–water partition coefficient (Wildman–Crippen LogP) is 3.23. The number of hydrogen-bond donors (Lipinski definition) is 2. The van der Waals surface area contributed by atoms with Crippen molar-refractivity contribution in [2.45, 2.75) is 38.4 Å². The second kappa shape index (κ2) is 8.09. The Bertz CT molecular complexity index is 1460. The number of hydrogen-bond acceptors (Lipinski definition) is 5. The molecule has 2 atom stereocenters. The molecule has 0 radical (unpaired) electrons. The summed E-state index contributed by atoms with van der Waals surface area (Å²) in [6, 6.07) is 9.92. The summed E-state index contributed by atoms with van der Waals surface area (Å²) in [5.41, 5.74) is 2.09. The lowest BCUT2D eigenvalue weighted by molar-refractivity contribution is -0.121. The summed E-state index contributed by atoms with van der Waals surface area (Å²) in [5, 5.41) is 7.17. The van der Waals surface area contributed by atoms with Crippen LogP contribution in [0.25, 0.3) is 10.9 Å². The number of benzene rings is 1. The van der Waals surface area contributed by atoms with Crippen molar-refractivity contribution in [3.63, 3.8) is 0 Å². The van der Waals surface area contributed by atoms with Crippen LogP contribution in [0, 0.1) is 5.82 Å². The van der Waals surface area contributed by atoms with E-state index in [9.17, 15) is 14.0 Å². The van der Waals surface area contributed by atoms with Gasteiger partial charge >= 0.3 is 0 Å². The molecule has 8 nitrogen and oxygen atoms in total. The van der Waals surface area contributed by atoms with Crippen LogP contribution < -0.4 is 16.2 Å². The fourth-order valence-electron chi connectivity index (χ4n) is 4.86. The Hall–Kier alpha value is -4.01. The Balaban J connectivity index is 1.63. The number of aryl methyl sites for hydroxylation is 2. The highest BCUT2D eigenvalue weighted by molar-refractivity contribution is 5.81. The third-order valence-corrected chi connectivity index (χ3v) is 6.55. The van der Waals surface area contributed by atoms with Gasteiger partial charge in [0, 0.05) is 31.8 Å². The number of halogens is 1. The number of rotatable bonds is 4. The number of carbonyl (C=O) groups excluding carboxylic acids is 1. The highest BCUT2D eigenvalue weighted by Gasteiger charge is 2.36. The zero-order chi connectivity index (χ0) is 24.0. The van der Waals surface area contributed by atoms with Crippen LogP contribution in [0.1, 0.15) is 43.3 Å². The second-order valence-electron chi connectivity index (χ2n) is 8.81. The average Bonchev–Trinajstić information content (AvgIpc) is 3.16. The number of amides is 1. The van der Waals surface area contributed by atoms with E-state index in [2.05, 4.69) is 20.6 Å². The average molecular weight is 461 g/mol. The van der Waals surface area contributed by atoms with Crippen LogP contribution in [0.15, 0.2) is 59.9 Å². The van der Waals surface area contributed by atoms with E-state index in [1.165, 1.54) is 30.0 Å². The van der Waals surface area contributed by atoms with Crippen LogP contribution >= 0.6 is 0 Å². The number of fused-ring (bicyclic) bond motifs is 2. The zero-order valence-electron chi connectivity index (χ0n) is 19.2. The van der Waals surface area contributed by atoms with Gasteiger partial charge in [-0.25, -0.2) is 9.37 Å². The first-order valence-electron chi connectivity index (χ1n) is 11.1. The van der Waals surface area contributed by atoms with Crippen molar-refractivity contribution in [3.05, 3.63) is 88.2 Å². The topological polar surface area (TPSA) is 93.8 Å². The molecule has 4 heterocycles. The number of anilines is 1. The van der Waals surface area contributed by atoms with E-state index in [4.69, 9.17) is 0 Å². The molecule has 0 saturated carbocycles. The fraction of sp³-hybridized carbons (Fsp3) is 0.280. The van der Waals surface area contributed by atoms with Gasteiger partial charge in [0.2, 0.25) is 5.91 Å². The van der Waals surface area contributed by atoms with Gasteiger partial charge in [-0.1, -0.05) is 12.1 Å². The van der Waals surface area contributed by atoms with Crippen molar-refractivity contribution in [1.82, 2.24) is 24.4 Å². The maximum Gasteiger partial charge on any atom is 0.279 e. The molecule has 34 heavy (non-hydrogen) atoms. The largest absolute Gasteiger partial charge is 0.372 e. The number of pyridine rings is 1. The molecule has 5 rings (SSSR count). The minimum atomic E-state index is -1.21. The van der Waals surface area contributed by atoms with Gasteiger partial charge in [0.25, 0.3) is 5.56 Å². The third-order valence-electron chi connectivity index (χ3n) is 6.55. The molecule has 0 aliphatic carbocycles. The molecule has 1 aliphatic heterocycles. The highest BCUT2D eigenvalue weighted by atomic mass is 19.1. The van der Waals surface area contributed by atoms with E-state index in [1.54, 1.807) is 31.5 Å². The maximum absolute atomic E-state index is 13.8. The molecule has 3 aromatic heterocycles. The Kier molecular flexibility index (Phi) is 5.19. The molecule has 0 spiro atoms. The Morgan fingerprint density at radius 1 is 1.26 bits per heavy atom. The fourth-order valence-corrected chi connectivity index (χ4v) is 4.86. The minimum Gasteiger partial charge on any atom is -0.372 e. The van der Waals surface area contributed by atoms with E-state index >= 15 is 0 Å². The van der Waals surface area contributed by atoms with Gasteiger partial charge in [-0.15, -0.1) is 0 Å². The van der Waals surface area contributed by atoms with Crippen LogP contribution in [0.2, 0.25) is 0 Å². The van der Waals surface area contributed by atoms with Crippen molar-refractivity contribution < 1.29 is 9.18 Å². The van der Waals surface area contributed by atoms with Crippen molar-refractivity contribution in [2.24, 2.45) is 7.05 Å². The molecular weight excluding hydrogens is 435 g/mol. The van der Waals surface area contributed by atoms with Crippen molar-refractivity contribution in [3.8, 4) is 0 Å². The van der Waals surface area contributed by atoms with Crippen LogP contribution in [-0.4, -0.2) is 25.0 Å². The monoisotopic (exact) mass is 460 g/mol. The number of carbonyl (C=O) groups is 1. The van der Waals surface area contributed by atoms with Gasteiger partial charge < -0.3 is 15.2 Å². The Morgan fingerprint density at radius 2 is 2.03 bits per heavy atom. The molecule has 0 fully saturated rings. The summed E-state index contributed by atoms with van der Waals surface area (Å²) in [5.74, 6) is -0.590. The first kappa shape index (κ1) is 21.8. The molecule has 1 aliphatic rings. The lowest BCUT2D eigenvalue weighted by atomic mass is 9.96. The van der Waals surface area contributed by atoms with Gasteiger partial charge in [0.1, 0.15) is 17.8 Å². The standard InChI is InChI=1S/C25H25FN6O2/c1-15(33)30-25(2,22-12-17-13-27-11-10-21(17)31(22)3)32-14-28-20-9-8-19(29-23(20)24(32)34)16-4-6-18(26)7-5-16/h4-7,10-14,19,29H,8-9H2,1-3H3,(H,30,33). The van der Waals surface area contributed by atoms with E-state index in [0.717, 1.165) is 22.9 Å². The first-order chi connectivity index (χ1) is 16.3. The molecule has 1 amide bonds. The summed E-state index contributed by atoms with van der Waals surface area (Å²) < 4.78 is 16.8. The van der Waals surface area contributed by atoms with Crippen LogP contribution in [0.5, 0.6) is 0 Å². The minimum absolute atomic E-state index is 0.144. The van der Waals surface area contributed by atoms with Gasteiger partial charge in [-0.3, -0.25) is 19.1 Å². The molecule has 1 aromatic carbocycles. The second-order valence-corrected chi connectivity index (χ2v) is 8.81.